The second kappa shape index (κ2) is 7.98. The molecule has 4 rings (SSSR count). The molecule has 0 radical (unpaired) electrons. The van der Waals surface area contributed by atoms with Crippen molar-refractivity contribution in [1.82, 2.24) is 20.3 Å². The molecular weight excluding hydrogens is 354 g/mol. The summed E-state index contributed by atoms with van der Waals surface area (Å²) in [5, 5.41) is 14.0. The summed E-state index contributed by atoms with van der Waals surface area (Å²) in [7, 11) is 0. The highest BCUT2D eigenvalue weighted by Crippen LogP contribution is 2.24. The summed E-state index contributed by atoms with van der Waals surface area (Å²) in [6.07, 6.45) is 3.65. The highest BCUT2D eigenvalue weighted by atomic mass is 16.5. The van der Waals surface area contributed by atoms with Gasteiger partial charge in [0.25, 0.3) is 0 Å². The molecule has 1 amide bonds. The molecule has 0 aliphatic carbocycles. The summed E-state index contributed by atoms with van der Waals surface area (Å²) in [6.45, 7) is 6.43. The van der Waals surface area contributed by atoms with Crippen molar-refractivity contribution in [1.29, 1.82) is 0 Å². The minimum Gasteiger partial charge on any atom is -0.361 e. The number of amides is 1. The monoisotopic (exact) mass is 379 g/mol. The number of benzene rings is 1. The second-order valence-corrected chi connectivity index (χ2v) is 7.41. The standard InChI is InChI=1S/C21H25N5O2/c1-14-19(15(2)28-25-14)13-26-11-3-4-17(12-26)21(27)23-18-7-5-16(6-8-18)20-9-10-22-24-20/h5-10,17H,3-4,11-13H2,1-2H3,(H,22,24)(H,23,27). The molecule has 1 aliphatic rings. The molecule has 2 aromatic heterocycles. The lowest BCUT2D eigenvalue weighted by Crippen LogP contribution is -2.40. The first-order valence-electron chi connectivity index (χ1n) is 9.65. The highest BCUT2D eigenvalue weighted by Gasteiger charge is 2.27. The van der Waals surface area contributed by atoms with E-state index in [9.17, 15) is 4.79 Å². The van der Waals surface area contributed by atoms with Crippen LogP contribution in [0.4, 0.5) is 5.69 Å². The van der Waals surface area contributed by atoms with Gasteiger partial charge in [-0.05, 0) is 57.0 Å². The normalized spacial score (nSPS) is 17.6. The lowest BCUT2D eigenvalue weighted by molar-refractivity contribution is -0.121. The molecule has 1 saturated heterocycles. The zero-order valence-corrected chi connectivity index (χ0v) is 16.2. The van der Waals surface area contributed by atoms with E-state index >= 15 is 0 Å². The van der Waals surface area contributed by atoms with Gasteiger partial charge in [0.1, 0.15) is 5.76 Å². The number of aromatic amines is 1. The second-order valence-electron chi connectivity index (χ2n) is 7.41. The Labute approximate surface area is 164 Å². The number of carbonyl (C=O) groups excluding carboxylic acids is 1. The summed E-state index contributed by atoms with van der Waals surface area (Å²) >= 11 is 0. The number of aromatic nitrogens is 3. The third kappa shape index (κ3) is 3.99. The molecule has 1 aromatic carbocycles. The van der Waals surface area contributed by atoms with E-state index in [-0.39, 0.29) is 11.8 Å². The Bertz CT molecular complexity index is 911. The number of aryl methyl sites for hydroxylation is 2. The van der Waals surface area contributed by atoms with E-state index in [1.165, 1.54) is 0 Å². The molecule has 7 heteroatoms. The van der Waals surface area contributed by atoms with E-state index in [0.29, 0.717) is 0 Å². The van der Waals surface area contributed by atoms with Crippen molar-refractivity contribution in [3.05, 3.63) is 53.5 Å². The molecule has 3 aromatic rings. The van der Waals surface area contributed by atoms with Gasteiger partial charge >= 0.3 is 0 Å². The highest BCUT2D eigenvalue weighted by molar-refractivity contribution is 5.93. The van der Waals surface area contributed by atoms with E-state index in [2.05, 4.69) is 25.6 Å². The maximum atomic E-state index is 12.8. The average Bonchev–Trinajstić information content (AvgIpc) is 3.35. The molecule has 1 fully saturated rings. The van der Waals surface area contributed by atoms with Crippen LogP contribution in [0.3, 0.4) is 0 Å². The molecule has 0 bridgehead atoms. The minimum atomic E-state index is -0.0125. The van der Waals surface area contributed by atoms with Crippen molar-refractivity contribution >= 4 is 11.6 Å². The smallest absolute Gasteiger partial charge is 0.228 e. The van der Waals surface area contributed by atoms with Crippen molar-refractivity contribution in [2.75, 3.05) is 18.4 Å². The predicted molar refractivity (Wildman–Crippen MR) is 107 cm³/mol. The maximum absolute atomic E-state index is 12.8. The van der Waals surface area contributed by atoms with Crippen molar-refractivity contribution in [3.63, 3.8) is 0 Å². The fraction of sp³-hybridized carbons (Fsp3) is 0.381. The van der Waals surface area contributed by atoms with Gasteiger partial charge in [0.15, 0.2) is 0 Å². The maximum Gasteiger partial charge on any atom is 0.228 e. The van der Waals surface area contributed by atoms with Crippen LogP contribution in [-0.4, -0.2) is 39.3 Å². The molecule has 3 heterocycles. The summed E-state index contributed by atoms with van der Waals surface area (Å²) in [4.78, 5) is 15.1. The van der Waals surface area contributed by atoms with E-state index in [1.807, 2.05) is 44.2 Å². The summed E-state index contributed by atoms with van der Waals surface area (Å²) in [5.74, 6) is 0.931. The van der Waals surface area contributed by atoms with Gasteiger partial charge in [-0.1, -0.05) is 17.3 Å². The Hall–Kier alpha value is -2.93. The third-order valence-corrected chi connectivity index (χ3v) is 5.40. The Morgan fingerprint density at radius 3 is 2.79 bits per heavy atom. The van der Waals surface area contributed by atoms with Crippen LogP contribution >= 0.6 is 0 Å². The molecule has 1 aliphatic heterocycles. The molecule has 0 saturated carbocycles. The van der Waals surface area contributed by atoms with Crippen LogP contribution in [0.1, 0.15) is 29.9 Å². The molecule has 1 unspecified atom stereocenters. The van der Waals surface area contributed by atoms with Gasteiger partial charge in [-0.15, -0.1) is 0 Å². The molecule has 28 heavy (non-hydrogen) atoms. The largest absolute Gasteiger partial charge is 0.361 e. The number of rotatable bonds is 5. The quantitative estimate of drug-likeness (QED) is 0.708. The Kier molecular flexibility index (Phi) is 5.25. The zero-order chi connectivity index (χ0) is 19.5. The first-order valence-corrected chi connectivity index (χ1v) is 9.65. The van der Waals surface area contributed by atoms with Crippen molar-refractivity contribution in [2.45, 2.75) is 33.2 Å². The van der Waals surface area contributed by atoms with Gasteiger partial charge in [0.2, 0.25) is 5.91 Å². The predicted octanol–water partition coefficient (Wildman–Crippen LogP) is 3.53. The van der Waals surface area contributed by atoms with E-state index < -0.39 is 0 Å². The van der Waals surface area contributed by atoms with Crippen LogP contribution < -0.4 is 5.32 Å². The van der Waals surface area contributed by atoms with Crippen LogP contribution in [0, 0.1) is 19.8 Å². The van der Waals surface area contributed by atoms with Gasteiger partial charge in [-0.25, -0.2) is 0 Å². The van der Waals surface area contributed by atoms with Crippen molar-refractivity contribution in [2.24, 2.45) is 5.92 Å². The van der Waals surface area contributed by atoms with Gasteiger partial charge in [0, 0.05) is 30.5 Å². The van der Waals surface area contributed by atoms with Gasteiger partial charge in [-0.2, -0.15) is 5.10 Å². The van der Waals surface area contributed by atoms with Crippen LogP contribution in [-0.2, 0) is 11.3 Å². The number of H-pyrrole nitrogens is 1. The van der Waals surface area contributed by atoms with Crippen LogP contribution in [0.15, 0.2) is 41.1 Å². The lowest BCUT2D eigenvalue weighted by atomic mass is 9.96. The van der Waals surface area contributed by atoms with Crippen LogP contribution in [0.2, 0.25) is 0 Å². The molecule has 1 atom stereocenters. The molecule has 2 N–H and O–H groups in total. The summed E-state index contributed by atoms with van der Waals surface area (Å²) in [6, 6.07) is 9.74. The first kappa shape index (κ1) is 18.4. The van der Waals surface area contributed by atoms with Crippen LogP contribution in [0.25, 0.3) is 11.3 Å². The fourth-order valence-corrected chi connectivity index (χ4v) is 3.76. The third-order valence-electron chi connectivity index (χ3n) is 5.40. The molecule has 7 nitrogen and oxygen atoms in total. The minimum absolute atomic E-state index is 0.0125. The number of likely N-dealkylation sites (tertiary alicyclic amines) is 1. The van der Waals surface area contributed by atoms with Gasteiger partial charge in [-0.3, -0.25) is 14.8 Å². The summed E-state index contributed by atoms with van der Waals surface area (Å²) < 4.78 is 5.26. The van der Waals surface area contributed by atoms with Gasteiger partial charge in [0.05, 0.1) is 17.3 Å². The number of nitrogens with zero attached hydrogens (tertiary/aromatic N) is 3. The lowest BCUT2D eigenvalue weighted by Gasteiger charge is -2.31. The SMILES string of the molecule is Cc1noc(C)c1CN1CCCC(C(=O)Nc2ccc(-c3ccn[nH]3)cc2)C1. The van der Waals surface area contributed by atoms with Crippen molar-refractivity contribution in [3.8, 4) is 11.3 Å². The number of hydrogen-bond donors (Lipinski definition) is 2. The molecule has 146 valence electrons. The first-order chi connectivity index (χ1) is 13.6. The number of anilines is 1. The Balaban J connectivity index is 1.36. The average molecular weight is 379 g/mol. The van der Waals surface area contributed by atoms with E-state index in [1.54, 1.807) is 6.20 Å². The number of hydrogen-bond acceptors (Lipinski definition) is 5. The number of piperidine rings is 1. The number of carbonyl (C=O) groups is 1. The Morgan fingerprint density at radius 2 is 2.11 bits per heavy atom. The van der Waals surface area contributed by atoms with Crippen LogP contribution in [0.5, 0.6) is 0 Å². The molecule has 0 spiro atoms. The summed E-state index contributed by atoms with van der Waals surface area (Å²) in [5.41, 5.74) is 4.88. The topological polar surface area (TPSA) is 87.1 Å². The van der Waals surface area contributed by atoms with E-state index in [0.717, 1.165) is 66.4 Å². The van der Waals surface area contributed by atoms with Gasteiger partial charge < -0.3 is 9.84 Å². The Morgan fingerprint density at radius 1 is 1.29 bits per heavy atom. The van der Waals surface area contributed by atoms with Crippen molar-refractivity contribution < 1.29 is 9.32 Å². The molecular formula is C21H25N5O2. The zero-order valence-electron chi connectivity index (χ0n) is 16.2. The fourth-order valence-electron chi connectivity index (χ4n) is 3.76. The van der Waals surface area contributed by atoms with E-state index in [4.69, 9.17) is 4.52 Å². The number of nitrogens with one attached hydrogen (secondary N) is 2.